The van der Waals surface area contributed by atoms with E-state index in [0.717, 1.165) is 15.8 Å². The zero-order chi connectivity index (χ0) is 13.3. The van der Waals surface area contributed by atoms with Crippen molar-refractivity contribution in [1.29, 1.82) is 0 Å². The third kappa shape index (κ3) is 3.16. The second-order valence-electron chi connectivity index (χ2n) is 5.19. The second-order valence-corrected chi connectivity index (χ2v) is 6.11. The third-order valence-electron chi connectivity index (χ3n) is 2.45. The molecule has 0 aliphatic carbocycles. The van der Waals surface area contributed by atoms with E-state index in [0.29, 0.717) is 6.61 Å². The van der Waals surface area contributed by atoms with Crippen molar-refractivity contribution >= 4 is 22.0 Å². The lowest BCUT2D eigenvalue weighted by Gasteiger charge is -2.21. The molecule has 0 spiro atoms. The van der Waals surface area contributed by atoms with Gasteiger partial charge in [0, 0.05) is 10.0 Å². The fourth-order valence-corrected chi connectivity index (χ4v) is 2.09. The quantitative estimate of drug-likeness (QED) is 0.864. The molecule has 0 unspecified atom stereocenters. The smallest absolute Gasteiger partial charge is 0.408 e. The Morgan fingerprint density at radius 3 is 2.89 bits per heavy atom. The fraction of sp³-hybridized carbons (Fsp3) is 0.462. The van der Waals surface area contributed by atoms with Gasteiger partial charge in [0.25, 0.3) is 0 Å². The van der Waals surface area contributed by atoms with Crippen LogP contribution in [0.5, 0.6) is 5.75 Å². The Balaban J connectivity index is 2.04. The number of ether oxygens (including phenoxy) is 2. The van der Waals surface area contributed by atoms with Crippen LogP contribution in [0.1, 0.15) is 32.4 Å². The van der Waals surface area contributed by atoms with Gasteiger partial charge in [0.15, 0.2) is 0 Å². The molecule has 4 nitrogen and oxygen atoms in total. The minimum absolute atomic E-state index is 0.150. The summed E-state index contributed by atoms with van der Waals surface area (Å²) in [6.07, 6.45) is -0.424. The molecule has 1 amide bonds. The number of halogens is 1. The van der Waals surface area contributed by atoms with Gasteiger partial charge in [0.2, 0.25) is 0 Å². The first-order chi connectivity index (χ1) is 8.35. The number of rotatable bonds is 1. The molecule has 1 N–H and O–H groups in total. The first-order valence-electron chi connectivity index (χ1n) is 5.77. The monoisotopic (exact) mass is 313 g/mol. The van der Waals surface area contributed by atoms with Crippen LogP contribution in [0.15, 0.2) is 22.7 Å². The Bertz CT molecular complexity index is 468. The molecule has 0 bridgehead atoms. The maximum atomic E-state index is 11.7. The van der Waals surface area contributed by atoms with E-state index in [1.165, 1.54) is 0 Å². The predicted molar refractivity (Wildman–Crippen MR) is 71.7 cm³/mol. The molecule has 18 heavy (non-hydrogen) atoms. The van der Waals surface area contributed by atoms with Crippen LogP contribution in [0.3, 0.4) is 0 Å². The summed E-state index contributed by atoms with van der Waals surface area (Å²) in [5, 5.41) is 2.81. The molecule has 0 saturated carbocycles. The molecule has 1 aliphatic heterocycles. The first-order valence-corrected chi connectivity index (χ1v) is 6.56. The van der Waals surface area contributed by atoms with E-state index in [1.807, 2.05) is 39.0 Å². The lowest BCUT2D eigenvalue weighted by molar-refractivity contribution is 0.0497. The summed E-state index contributed by atoms with van der Waals surface area (Å²) in [5.41, 5.74) is 0.482. The number of hydrogen-bond acceptors (Lipinski definition) is 3. The average Bonchev–Trinajstić information content (AvgIpc) is 2.57. The van der Waals surface area contributed by atoms with Crippen LogP contribution in [-0.2, 0) is 4.74 Å². The summed E-state index contributed by atoms with van der Waals surface area (Å²) in [5.74, 6) is 0.797. The minimum Gasteiger partial charge on any atom is -0.491 e. The van der Waals surface area contributed by atoms with Crippen LogP contribution in [0, 0.1) is 0 Å². The van der Waals surface area contributed by atoms with Crippen molar-refractivity contribution in [3.8, 4) is 5.75 Å². The number of benzene rings is 1. The Kier molecular flexibility index (Phi) is 3.52. The topological polar surface area (TPSA) is 47.6 Å². The maximum absolute atomic E-state index is 11.7. The summed E-state index contributed by atoms with van der Waals surface area (Å²) in [6, 6.07) is 5.61. The standard InChI is InChI=1S/C13H16BrNO3/c1-13(2,3)18-12(16)15-10-7-17-11-6-8(14)4-5-9(10)11/h4-6,10H,7H2,1-3H3,(H,15,16)/t10-/m0/s1. The van der Waals surface area contributed by atoms with Gasteiger partial charge < -0.3 is 14.8 Å². The fourth-order valence-electron chi connectivity index (χ4n) is 1.75. The van der Waals surface area contributed by atoms with E-state index in [1.54, 1.807) is 0 Å². The van der Waals surface area contributed by atoms with Crippen molar-refractivity contribution in [3.05, 3.63) is 28.2 Å². The van der Waals surface area contributed by atoms with E-state index >= 15 is 0 Å². The molecule has 0 aromatic heterocycles. The molecule has 0 radical (unpaired) electrons. The predicted octanol–water partition coefficient (Wildman–Crippen LogP) is 3.41. The number of hydrogen-bond donors (Lipinski definition) is 1. The molecule has 98 valence electrons. The van der Waals surface area contributed by atoms with Crippen LogP contribution in [0.25, 0.3) is 0 Å². The van der Waals surface area contributed by atoms with Crippen molar-refractivity contribution in [2.75, 3.05) is 6.61 Å². The van der Waals surface area contributed by atoms with Gasteiger partial charge in [-0.25, -0.2) is 4.79 Å². The van der Waals surface area contributed by atoms with E-state index in [9.17, 15) is 4.79 Å². The highest BCUT2D eigenvalue weighted by atomic mass is 79.9. The lowest BCUT2D eigenvalue weighted by Crippen LogP contribution is -2.35. The van der Waals surface area contributed by atoms with Crippen LogP contribution < -0.4 is 10.1 Å². The molecular weight excluding hydrogens is 298 g/mol. The Hall–Kier alpha value is -1.23. The van der Waals surface area contributed by atoms with Gasteiger partial charge in [-0.3, -0.25) is 0 Å². The van der Waals surface area contributed by atoms with Gasteiger partial charge in [-0.1, -0.05) is 22.0 Å². The van der Waals surface area contributed by atoms with Gasteiger partial charge in [-0.15, -0.1) is 0 Å². The lowest BCUT2D eigenvalue weighted by atomic mass is 10.1. The highest BCUT2D eigenvalue weighted by Gasteiger charge is 2.27. The SMILES string of the molecule is CC(C)(C)OC(=O)N[C@H]1COc2cc(Br)ccc21. The zero-order valence-electron chi connectivity index (χ0n) is 10.6. The molecule has 2 rings (SSSR count). The molecule has 0 fully saturated rings. The van der Waals surface area contributed by atoms with Gasteiger partial charge in [-0.2, -0.15) is 0 Å². The summed E-state index contributed by atoms with van der Waals surface area (Å²) in [7, 11) is 0. The minimum atomic E-state index is -0.494. The molecule has 1 atom stereocenters. The summed E-state index contributed by atoms with van der Waals surface area (Å²) < 4.78 is 11.7. The summed E-state index contributed by atoms with van der Waals surface area (Å²) >= 11 is 3.38. The van der Waals surface area contributed by atoms with Gasteiger partial charge in [0.1, 0.15) is 18.0 Å². The number of alkyl carbamates (subject to hydrolysis) is 1. The first kappa shape index (κ1) is 13.2. The number of fused-ring (bicyclic) bond motifs is 1. The molecule has 1 aromatic rings. The van der Waals surface area contributed by atoms with E-state index in [-0.39, 0.29) is 6.04 Å². The highest BCUT2D eigenvalue weighted by Crippen LogP contribution is 2.34. The van der Waals surface area contributed by atoms with Crippen molar-refractivity contribution < 1.29 is 14.3 Å². The molecule has 1 aromatic carbocycles. The van der Waals surface area contributed by atoms with Crippen molar-refractivity contribution in [2.24, 2.45) is 0 Å². The van der Waals surface area contributed by atoms with E-state index in [2.05, 4.69) is 21.2 Å². The Morgan fingerprint density at radius 1 is 1.50 bits per heavy atom. The van der Waals surface area contributed by atoms with Gasteiger partial charge in [0.05, 0.1) is 6.04 Å². The van der Waals surface area contributed by atoms with Crippen molar-refractivity contribution in [1.82, 2.24) is 5.32 Å². The molecular formula is C13H16BrNO3. The number of carbonyl (C=O) groups excluding carboxylic acids is 1. The Labute approximate surface area is 115 Å². The van der Waals surface area contributed by atoms with Crippen LogP contribution in [0.2, 0.25) is 0 Å². The molecule has 5 heteroatoms. The van der Waals surface area contributed by atoms with Crippen LogP contribution in [-0.4, -0.2) is 18.3 Å². The number of carbonyl (C=O) groups is 1. The maximum Gasteiger partial charge on any atom is 0.408 e. The van der Waals surface area contributed by atoms with Crippen molar-refractivity contribution in [3.63, 3.8) is 0 Å². The van der Waals surface area contributed by atoms with E-state index < -0.39 is 11.7 Å². The normalized spacial score (nSPS) is 17.9. The largest absolute Gasteiger partial charge is 0.491 e. The Morgan fingerprint density at radius 2 is 2.22 bits per heavy atom. The van der Waals surface area contributed by atoms with E-state index in [4.69, 9.17) is 9.47 Å². The highest BCUT2D eigenvalue weighted by molar-refractivity contribution is 9.10. The summed E-state index contributed by atoms with van der Waals surface area (Å²) in [6.45, 7) is 5.94. The zero-order valence-corrected chi connectivity index (χ0v) is 12.2. The molecule has 1 aliphatic rings. The van der Waals surface area contributed by atoms with Gasteiger partial charge >= 0.3 is 6.09 Å². The second kappa shape index (κ2) is 4.80. The molecule has 0 saturated heterocycles. The third-order valence-corrected chi connectivity index (χ3v) is 2.94. The molecule has 1 heterocycles. The number of nitrogens with one attached hydrogen (secondary N) is 1. The van der Waals surface area contributed by atoms with Gasteiger partial charge in [-0.05, 0) is 32.9 Å². The van der Waals surface area contributed by atoms with Crippen LogP contribution in [0.4, 0.5) is 4.79 Å². The summed E-state index contributed by atoms with van der Waals surface area (Å²) in [4.78, 5) is 11.7. The van der Waals surface area contributed by atoms with Crippen molar-refractivity contribution in [2.45, 2.75) is 32.4 Å². The number of amides is 1. The average molecular weight is 314 g/mol. The van der Waals surface area contributed by atoms with Crippen LogP contribution >= 0.6 is 15.9 Å².